The number of rotatable bonds is 1. The first kappa shape index (κ1) is 7.36. The van der Waals surface area contributed by atoms with Crippen molar-refractivity contribution in [1.82, 2.24) is 4.57 Å². The monoisotopic (exact) mass is 175 g/mol. The van der Waals surface area contributed by atoms with Gasteiger partial charge in [-0.1, -0.05) is 0 Å². The second-order valence-electron chi connectivity index (χ2n) is 4.09. The first-order valence-electron chi connectivity index (χ1n) is 5.09. The number of hydrogen-bond donors (Lipinski definition) is 0. The topological polar surface area (TPSA) is 22.0 Å². The van der Waals surface area contributed by atoms with Gasteiger partial charge in [0.1, 0.15) is 0 Å². The van der Waals surface area contributed by atoms with Gasteiger partial charge < -0.3 is 4.57 Å². The number of aromatic nitrogens is 1. The van der Waals surface area contributed by atoms with E-state index in [-0.39, 0.29) is 0 Å². The van der Waals surface area contributed by atoms with Crippen LogP contribution in [0.4, 0.5) is 0 Å². The highest BCUT2D eigenvalue weighted by atomic mass is 16.1. The van der Waals surface area contributed by atoms with Crippen LogP contribution in [0.5, 0.6) is 0 Å². The van der Waals surface area contributed by atoms with Gasteiger partial charge in [-0.25, -0.2) is 0 Å². The van der Waals surface area contributed by atoms with E-state index in [0.29, 0.717) is 5.78 Å². The lowest BCUT2D eigenvalue weighted by molar-refractivity contribution is 0.0972. The van der Waals surface area contributed by atoms with Gasteiger partial charge in [0.25, 0.3) is 0 Å². The van der Waals surface area contributed by atoms with Gasteiger partial charge in [0.15, 0.2) is 5.78 Å². The molecule has 2 nitrogen and oxygen atoms in total. The Morgan fingerprint density at radius 3 is 2.92 bits per heavy atom. The summed E-state index contributed by atoms with van der Waals surface area (Å²) < 4.78 is 2.33. The molecule has 0 unspecified atom stereocenters. The lowest BCUT2D eigenvalue weighted by Crippen LogP contribution is -2.12. The normalized spacial score (nSPS) is 21.7. The van der Waals surface area contributed by atoms with Crippen molar-refractivity contribution >= 4 is 5.78 Å². The number of carbonyl (C=O) groups is 1. The molecule has 68 valence electrons. The molecule has 2 aliphatic rings. The zero-order valence-electron chi connectivity index (χ0n) is 7.62. The van der Waals surface area contributed by atoms with Crippen LogP contribution in [0.1, 0.15) is 47.8 Å². The zero-order chi connectivity index (χ0) is 8.84. The van der Waals surface area contributed by atoms with Gasteiger partial charge in [-0.2, -0.15) is 0 Å². The second kappa shape index (κ2) is 2.47. The van der Waals surface area contributed by atoms with E-state index < -0.39 is 0 Å². The maximum absolute atomic E-state index is 11.5. The van der Waals surface area contributed by atoms with E-state index in [9.17, 15) is 4.79 Å². The van der Waals surface area contributed by atoms with Crippen LogP contribution in [0.3, 0.4) is 0 Å². The van der Waals surface area contributed by atoms with E-state index in [1.165, 1.54) is 18.5 Å². The molecule has 2 aliphatic carbocycles. The molecular weight excluding hydrogens is 162 g/mol. The summed E-state index contributed by atoms with van der Waals surface area (Å²) in [5, 5.41) is 0. The minimum atomic E-state index is 0.348. The fourth-order valence-electron chi connectivity index (χ4n) is 2.24. The Kier molecular flexibility index (Phi) is 1.40. The smallest absolute Gasteiger partial charge is 0.164 e. The fourth-order valence-corrected chi connectivity index (χ4v) is 2.24. The fraction of sp³-hybridized carbons (Fsp3) is 0.545. The van der Waals surface area contributed by atoms with Crippen molar-refractivity contribution in [2.75, 3.05) is 0 Å². The van der Waals surface area contributed by atoms with E-state index >= 15 is 0 Å². The highest BCUT2D eigenvalue weighted by Crippen LogP contribution is 2.38. The Hall–Kier alpha value is -1.05. The van der Waals surface area contributed by atoms with Gasteiger partial charge in [0.2, 0.25) is 0 Å². The second-order valence-corrected chi connectivity index (χ2v) is 4.09. The molecule has 0 bridgehead atoms. The maximum Gasteiger partial charge on any atom is 0.164 e. The Morgan fingerprint density at radius 1 is 1.31 bits per heavy atom. The highest BCUT2D eigenvalue weighted by Gasteiger charge is 2.29. The Morgan fingerprint density at radius 2 is 2.15 bits per heavy atom. The molecule has 1 aromatic rings. The van der Waals surface area contributed by atoms with Crippen molar-refractivity contribution in [2.24, 2.45) is 0 Å². The van der Waals surface area contributed by atoms with E-state index in [4.69, 9.17) is 0 Å². The van der Waals surface area contributed by atoms with Crippen LogP contribution in [0.2, 0.25) is 0 Å². The van der Waals surface area contributed by atoms with Crippen LogP contribution in [0.25, 0.3) is 0 Å². The molecule has 0 aliphatic heterocycles. The number of nitrogens with zero attached hydrogens (tertiary/aromatic N) is 1. The summed E-state index contributed by atoms with van der Waals surface area (Å²) in [5.41, 5.74) is 2.30. The van der Waals surface area contributed by atoms with Gasteiger partial charge in [-0.15, -0.1) is 0 Å². The van der Waals surface area contributed by atoms with Crippen LogP contribution in [0, 0.1) is 0 Å². The summed E-state index contributed by atoms with van der Waals surface area (Å²) >= 11 is 0. The summed E-state index contributed by atoms with van der Waals surface area (Å²) in [6.45, 7) is 0. The molecule has 3 rings (SSSR count). The average Bonchev–Trinajstić information content (AvgIpc) is 2.87. The lowest BCUT2D eigenvalue weighted by atomic mass is 9.97. The van der Waals surface area contributed by atoms with Crippen LogP contribution >= 0.6 is 0 Å². The molecule has 1 saturated carbocycles. The Labute approximate surface area is 77.6 Å². The quantitative estimate of drug-likeness (QED) is 0.642. The maximum atomic E-state index is 11.5. The van der Waals surface area contributed by atoms with E-state index in [0.717, 1.165) is 30.9 Å². The van der Waals surface area contributed by atoms with Crippen molar-refractivity contribution in [3.63, 3.8) is 0 Å². The minimum absolute atomic E-state index is 0.348. The Balaban J connectivity index is 2.09. The molecule has 0 amide bonds. The van der Waals surface area contributed by atoms with Crippen LogP contribution in [-0.2, 0) is 6.42 Å². The molecule has 0 N–H and O–H groups in total. The van der Waals surface area contributed by atoms with Gasteiger partial charge in [0.05, 0.1) is 0 Å². The van der Waals surface area contributed by atoms with Gasteiger partial charge in [-0.3, -0.25) is 4.79 Å². The summed E-state index contributed by atoms with van der Waals surface area (Å²) in [5.74, 6) is 0.348. The summed E-state index contributed by atoms with van der Waals surface area (Å²) in [6.07, 6.45) is 7.60. The summed E-state index contributed by atoms with van der Waals surface area (Å²) in [6, 6.07) is 2.73. The third-order valence-corrected chi connectivity index (χ3v) is 3.08. The number of fused-ring (bicyclic) bond motifs is 1. The summed E-state index contributed by atoms with van der Waals surface area (Å²) in [4.78, 5) is 11.5. The molecule has 1 aromatic heterocycles. The predicted molar refractivity (Wildman–Crippen MR) is 50.0 cm³/mol. The first-order valence-corrected chi connectivity index (χ1v) is 5.09. The molecule has 0 aromatic carbocycles. The third-order valence-electron chi connectivity index (χ3n) is 3.08. The highest BCUT2D eigenvalue weighted by molar-refractivity contribution is 5.98. The van der Waals surface area contributed by atoms with Gasteiger partial charge in [0, 0.05) is 29.9 Å². The minimum Gasteiger partial charge on any atom is -0.348 e. The predicted octanol–water partition coefficient (Wildman–Crippen LogP) is 2.34. The SMILES string of the molecule is O=C1CCCc2c1ccn2C1CC1. The largest absolute Gasteiger partial charge is 0.348 e. The van der Waals surface area contributed by atoms with Crippen LogP contribution in [0.15, 0.2) is 12.3 Å². The Bertz CT molecular complexity index is 360. The number of ketones is 1. The molecule has 0 saturated heterocycles. The van der Waals surface area contributed by atoms with E-state index in [2.05, 4.69) is 10.8 Å². The zero-order valence-corrected chi connectivity index (χ0v) is 7.62. The van der Waals surface area contributed by atoms with Crippen LogP contribution < -0.4 is 0 Å². The molecule has 0 radical (unpaired) electrons. The molecule has 0 atom stereocenters. The van der Waals surface area contributed by atoms with Crippen molar-refractivity contribution in [2.45, 2.75) is 38.1 Å². The number of carbonyl (C=O) groups excluding carboxylic acids is 1. The van der Waals surface area contributed by atoms with Crippen molar-refractivity contribution in [3.05, 3.63) is 23.5 Å². The van der Waals surface area contributed by atoms with Crippen molar-refractivity contribution < 1.29 is 4.79 Å². The van der Waals surface area contributed by atoms with E-state index in [1.54, 1.807) is 0 Å². The number of hydrogen-bond acceptors (Lipinski definition) is 1. The van der Waals surface area contributed by atoms with Crippen molar-refractivity contribution in [1.29, 1.82) is 0 Å². The van der Waals surface area contributed by atoms with Gasteiger partial charge >= 0.3 is 0 Å². The van der Waals surface area contributed by atoms with Crippen molar-refractivity contribution in [3.8, 4) is 0 Å². The molecule has 2 heteroatoms. The number of Topliss-reactive ketones (excluding diaryl/α,β-unsaturated/α-hetero) is 1. The average molecular weight is 175 g/mol. The van der Waals surface area contributed by atoms with Gasteiger partial charge in [-0.05, 0) is 31.7 Å². The summed E-state index contributed by atoms with van der Waals surface area (Å²) in [7, 11) is 0. The standard InChI is InChI=1S/C11H13NO/c13-11-3-1-2-10-9(11)6-7-12(10)8-4-5-8/h6-8H,1-5H2. The van der Waals surface area contributed by atoms with Crippen LogP contribution in [-0.4, -0.2) is 10.4 Å². The first-order chi connectivity index (χ1) is 6.36. The third kappa shape index (κ3) is 1.05. The van der Waals surface area contributed by atoms with E-state index in [1.807, 2.05) is 6.07 Å². The molecular formula is C11H13NO. The molecule has 0 spiro atoms. The molecule has 1 fully saturated rings. The molecule has 13 heavy (non-hydrogen) atoms. The lowest BCUT2D eigenvalue weighted by Gasteiger charge is -2.14. The molecule has 1 heterocycles.